The van der Waals surface area contributed by atoms with Crippen LogP contribution in [0.4, 0.5) is 0 Å². The molecule has 0 aromatic carbocycles. The van der Waals surface area contributed by atoms with Gasteiger partial charge in [-0.25, -0.2) is 0 Å². The number of carbonyl (C=O) groups is 1. The van der Waals surface area contributed by atoms with Gasteiger partial charge in [0.25, 0.3) is 0 Å². The van der Waals surface area contributed by atoms with E-state index in [4.69, 9.17) is 4.74 Å². The van der Waals surface area contributed by atoms with Crippen molar-refractivity contribution in [2.45, 2.75) is 26.3 Å². The Balaban J connectivity index is 2.52. The van der Waals surface area contributed by atoms with Crippen LogP contribution in [0.3, 0.4) is 0 Å². The lowest BCUT2D eigenvalue weighted by molar-refractivity contribution is -0.130. The van der Waals surface area contributed by atoms with E-state index in [-0.39, 0.29) is 11.9 Å². The molecule has 1 atom stereocenters. The van der Waals surface area contributed by atoms with Crippen LogP contribution in [-0.2, 0) is 9.53 Å². The molecule has 1 heterocycles. The Bertz CT molecular complexity index is 147. The van der Waals surface area contributed by atoms with Gasteiger partial charge in [-0.1, -0.05) is 0 Å². The Labute approximate surface area is 67.3 Å². The predicted molar refractivity (Wildman–Crippen MR) is 42.3 cm³/mol. The van der Waals surface area contributed by atoms with Crippen molar-refractivity contribution in [3.63, 3.8) is 0 Å². The molecule has 1 rings (SSSR count). The van der Waals surface area contributed by atoms with Gasteiger partial charge in [0.1, 0.15) is 0 Å². The zero-order valence-electron chi connectivity index (χ0n) is 7.17. The number of amides is 1. The lowest BCUT2D eigenvalue weighted by atomic mass is 10.3. The third kappa shape index (κ3) is 2.19. The first-order chi connectivity index (χ1) is 5.22. The van der Waals surface area contributed by atoms with E-state index < -0.39 is 0 Å². The first-order valence-corrected chi connectivity index (χ1v) is 4.07. The summed E-state index contributed by atoms with van der Waals surface area (Å²) in [7, 11) is 0. The SMILES string of the molecule is CC(=O)N1CCCOCC1C. The Hall–Kier alpha value is -0.570. The molecule has 1 fully saturated rings. The molecule has 1 aliphatic heterocycles. The van der Waals surface area contributed by atoms with Gasteiger partial charge in [0, 0.05) is 20.1 Å². The van der Waals surface area contributed by atoms with Crippen LogP contribution < -0.4 is 0 Å². The summed E-state index contributed by atoms with van der Waals surface area (Å²) in [5.41, 5.74) is 0. The summed E-state index contributed by atoms with van der Waals surface area (Å²) < 4.78 is 5.29. The second-order valence-electron chi connectivity index (χ2n) is 2.99. The Morgan fingerprint density at radius 2 is 2.36 bits per heavy atom. The molecule has 0 aromatic heterocycles. The van der Waals surface area contributed by atoms with Crippen molar-refractivity contribution >= 4 is 5.91 Å². The third-order valence-electron chi connectivity index (χ3n) is 1.98. The minimum Gasteiger partial charge on any atom is -0.379 e. The molecule has 0 N–H and O–H groups in total. The molecule has 1 unspecified atom stereocenters. The Kier molecular flexibility index (Phi) is 2.88. The monoisotopic (exact) mass is 157 g/mol. The molecule has 0 aromatic rings. The highest BCUT2D eigenvalue weighted by Gasteiger charge is 2.18. The zero-order chi connectivity index (χ0) is 8.27. The summed E-state index contributed by atoms with van der Waals surface area (Å²) in [6.07, 6.45) is 0.962. The first-order valence-electron chi connectivity index (χ1n) is 4.07. The second-order valence-corrected chi connectivity index (χ2v) is 2.99. The van der Waals surface area contributed by atoms with Crippen LogP contribution in [0.2, 0.25) is 0 Å². The molecular weight excluding hydrogens is 142 g/mol. The summed E-state index contributed by atoms with van der Waals surface area (Å²) >= 11 is 0. The fourth-order valence-electron chi connectivity index (χ4n) is 1.37. The van der Waals surface area contributed by atoms with Crippen molar-refractivity contribution in [2.24, 2.45) is 0 Å². The maximum absolute atomic E-state index is 11.0. The lowest BCUT2D eigenvalue weighted by Crippen LogP contribution is -2.38. The van der Waals surface area contributed by atoms with Gasteiger partial charge in [0.15, 0.2) is 0 Å². The molecule has 3 heteroatoms. The van der Waals surface area contributed by atoms with Crippen molar-refractivity contribution in [1.82, 2.24) is 4.90 Å². The van der Waals surface area contributed by atoms with E-state index >= 15 is 0 Å². The number of rotatable bonds is 0. The number of carbonyl (C=O) groups excluding carboxylic acids is 1. The van der Waals surface area contributed by atoms with Crippen molar-refractivity contribution in [3.8, 4) is 0 Å². The number of ether oxygens (including phenoxy) is 1. The molecule has 1 amide bonds. The highest BCUT2D eigenvalue weighted by Crippen LogP contribution is 2.06. The fraction of sp³-hybridized carbons (Fsp3) is 0.875. The Morgan fingerprint density at radius 1 is 1.64 bits per heavy atom. The van der Waals surface area contributed by atoms with E-state index in [2.05, 4.69) is 0 Å². The minimum atomic E-state index is 0.156. The average Bonchev–Trinajstić information content (AvgIpc) is 2.13. The van der Waals surface area contributed by atoms with Crippen molar-refractivity contribution in [1.29, 1.82) is 0 Å². The standard InChI is InChI=1S/C8H15NO2/c1-7-6-11-5-3-4-9(7)8(2)10/h7H,3-6H2,1-2H3. The number of nitrogens with zero attached hydrogens (tertiary/aromatic N) is 1. The molecular formula is C8H15NO2. The van der Waals surface area contributed by atoms with Crippen LogP contribution in [-0.4, -0.2) is 36.6 Å². The van der Waals surface area contributed by atoms with Gasteiger partial charge in [-0.2, -0.15) is 0 Å². The summed E-state index contributed by atoms with van der Waals surface area (Å²) in [6.45, 7) is 5.94. The van der Waals surface area contributed by atoms with Gasteiger partial charge >= 0.3 is 0 Å². The predicted octanol–water partition coefficient (Wildman–Crippen LogP) is 0.644. The maximum Gasteiger partial charge on any atom is 0.219 e. The van der Waals surface area contributed by atoms with Crippen molar-refractivity contribution in [3.05, 3.63) is 0 Å². The summed E-state index contributed by atoms with van der Waals surface area (Å²) in [4.78, 5) is 12.9. The first kappa shape index (κ1) is 8.53. The molecule has 0 saturated carbocycles. The lowest BCUT2D eigenvalue weighted by Gasteiger charge is -2.24. The van der Waals surface area contributed by atoms with E-state index in [1.54, 1.807) is 6.92 Å². The molecule has 0 bridgehead atoms. The van der Waals surface area contributed by atoms with Crippen LogP contribution in [0.5, 0.6) is 0 Å². The molecule has 0 spiro atoms. The van der Waals surface area contributed by atoms with Crippen LogP contribution in [0.15, 0.2) is 0 Å². The molecule has 1 aliphatic rings. The molecule has 1 saturated heterocycles. The number of hydrogen-bond acceptors (Lipinski definition) is 2. The van der Waals surface area contributed by atoms with Gasteiger partial charge < -0.3 is 9.64 Å². The highest BCUT2D eigenvalue weighted by atomic mass is 16.5. The quantitative estimate of drug-likeness (QED) is 0.516. The van der Waals surface area contributed by atoms with E-state index in [0.29, 0.717) is 6.61 Å². The highest BCUT2D eigenvalue weighted by molar-refractivity contribution is 5.73. The third-order valence-corrected chi connectivity index (χ3v) is 1.98. The smallest absolute Gasteiger partial charge is 0.219 e. The summed E-state index contributed by atoms with van der Waals surface area (Å²) in [5, 5.41) is 0. The summed E-state index contributed by atoms with van der Waals surface area (Å²) in [5.74, 6) is 0.156. The van der Waals surface area contributed by atoms with Gasteiger partial charge in [0.05, 0.1) is 12.6 Å². The normalized spacial score (nSPS) is 26.4. The zero-order valence-corrected chi connectivity index (χ0v) is 7.17. The van der Waals surface area contributed by atoms with Crippen molar-refractivity contribution in [2.75, 3.05) is 19.8 Å². The van der Waals surface area contributed by atoms with Gasteiger partial charge in [-0.15, -0.1) is 0 Å². The van der Waals surface area contributed by atoms with Gasteiger partial charge in [-0.3, -0.25) is 4.79 Å². The average molecular weight is 157 g/mol. The molecule has 64 valence electrons. The fourth-order valence-corrected chi connectivity index (χ4v) is 1.37. The Morgan fingerprint density at radius 3 is 3.00 bits per heavy atom. The van der Waals surface area contributed by atoms with Gasteiger partial charge in [0.2, 0.25) is 5.91 Å². The van der Waals surface area contributed by atoms with E-state index in [1.807, 2.05) is 11.8 Å². The van der Waals surface area contributed by atoms with E-state index in [1.165, 1.54) is 0 Å². The van der Waals surface area contributed by atoms with Gasteiger partial charge in [-0.05, 0) is 13.3 Å². The molecule has 3 nitrogen and oxygen atoms in total. The van der Waals surface area contributed by atoms with Crippen molar-refractivity contribution < 1.29 is 9.53 Å². The van der Waals surface area contributed by atoms with Crippen LogP contribution in [0.1, 0.15) is 20.3 Å². The largest absolute Gasteiger partial charge is 0.379 e. The van der Waals surface area contributed by atoms with E-state index in [0.717, 1.165) is 19.6 Å². The maximum atomic E-state index is 11.0. The second kappa shape index (κ2) is 3.72. The van der Waals surface area contributed by atoms with Crippen LogP contribution in [0, 0.1) is 0 Å². The molecule has 0 radical (unpaired) electrons. The molecule has 0 aliphatic carbocycles. The number of hydrogen-bond donors (Lipinski definition) is 0. The summed E-state index contributed by atoms with van der Waals surface area (Å²) in [6, 6.07) is 0.245. The van der Waals surface area contributed by atoms with Crippen LogP contribution >= 0.6 is 0 Å². The molecule has 11 heavy (non-hydrogen) atoms. The van der Waals surface area contributed by atoms with Crippen LogP contribution in [0.25, 0.3) is 0 Å². The van der Waals surface area contributed by atoms with E-state index in [9.17, 15) is 4.79 Å². The topological polar surface area (TPSA) is 29.5 Å². The minimum absolute atomic E-state index is 0.156.